The van der Waals surface area contributed by atoms with Crippen molar-refractivity contribution in [3.8, 4) is 0 Å². The lowest BCUT2D eigenvalue weighted by Gasteiger charge is -2.36. The van der Waals surface area contributed by atoms with Crippen LogP contribution in [0.5, 0.6) is 0 Å². The van der Waals surface area contributed by atoms with E-state index < -0.39 is 0 Å². The maximum atomic E-state index is 13.0. The molecule has 0 aromatic heterocycles. The fourth-order valence-electron chi connectivity index (χ4n) is 1.93. The second kappa shape index (κ2) is 3.48. The SMILES string of the molecule is CCC1CNc2ccc(F)cc2N1C. The lowest BCUT2D eigenvalue weighted by atomic mass is 10.1. The quantitative estimate of drug-likeness (QED) is 0.738. The van der Waals surface area contributed by atoms with Gasteiger partial charge in [-0.2, -0.15) is 0 Å². The zero-order valence-corrected chi connectivity index (χ0v) is 8.55. The normalized spacial score (nSPS) is 20.2. The predicted octanol–water partition coefficient (Wildman–Crippen LogP) is 2.47. The zero-order valence-electron chi connectivity index (χ0n) is 8.55. The van der Waals surface area contributed by atoms with E-state index in [0.717, 1.165) is 24.3 Å². The second-order valence-corrected chi connectivity index (χ2v) is 3.72. The van der Waals surface area contributed by atoms with Gasteiger partial charge < -0.3 is 10.2 Å². The highest BCUT2D eigenvalue weighted by Gasteiger charge is 2.21. The molecule has 3 heteroatoms. The fraction of sp³-hybridized carbons (Fsp3) is 0.455. The summed E-state index contributed by atoms with van der Waals surface area (Å²) in [5, 5.41) is 3.31. The van der Waals surface area contributed by atoms with Gasteiger partial charge in [0.2, 0.25) is 0 Å². The minimum Gasteiger partial charge on any atom is -0.381 e. The molecule has 0 amide bonds. The van der Waals surface area contributed by atoms with Gasteiger partial charge in [-0.1, -0.05) is 6.92 Å². The number of fused-ring (bicyclic) bond motifs is 1. The first-order valence-corrected chi connectivity index (χ1v) is 4.98. The number of hydrogen-bond donors (Lipinski definition) is 1. The van der Waals surface area contributed by atoms with Crippen molar-refractivity contribution in [2.75, 3.05) is 23.8 Å². The summed E-state index contributed by atoms with van der Waals surface area (Å²) in [7, 11) is 2.02. The Morgan fingerprint density at radius 2 is 2.36 bits per heavy atom. The number of rotatable bonds is 1. The summed E-state index contributed by atoms with van der Waals surface area (Å²) in [4.78, 5) is 2.15. The highest BCUT2D eigenvalue weighted by atomic mass is 19.1. The molecular formula is C11H15FN2. The summed E-state index contributed by atoms with van der Waals surface area (Å²) in [6.45, 7) is 3.08. The third-order valence-corrected chi connectivity index (χ3v) is 2.89. The number of halogens is 1. The van der Waals surface area contributed by atoms with Crippen LogP contribution in [0.3, 0.4) is 0 Å². The van der Waals surface area contributed by atoms with Gasteiger partial charge in [-0.05, 0) is 24.6 Å². The molecule has 0 radical (unpaired) electrons. The predicted molar refractivity (Wildman–Crippen MR) is 57.4 cm³/mol. The van der Waals surface area contributed by atoms with Crippen molar-refractivity contribution in [3.63, 3.8) is 0 Å². The van der Waals surface area contributed by atoms with Crippen LogP contribution in [0, 0.1) is 5.82 Å². The van der Waals surface area contributed by atoms with E-state index in [0.29, 0.717) is 6.04 Å². The molecule has 2 nitrogen and oxygen atoms in total. The average molecular weight is 194 g/mol. The summed E-state index contributed by atoms with van der Waals surface area (Å²) in [5.41, 5.74) is 1.99. The standard InChI is InChI=1S/C11H15FN2/c1-3-9-7-13-10-5-4-8(12)6-11(10)14(9)2/h4-6,9,13H,3,7H2,1-2H3. The highest BCUT2D eigenvalue weighted by Crippen LogP contribution is 2.31. The largest absolute Gasteiger partial charge is 0.381 e. The third-order valence-electron chi connectivity index (χ3n) is 2.89. The van der Waals surface area contributed by atoms with Crippen LogP contribution in [0.4, 0.5) is 15.8 Å². The topological polar surface area (TPSA) is 15.3 Å². The number of nitrogens with zero attached hydrogens (tertiary/aromatic N) is 1. The van der Waals surface area contributed by atoms with Gasteiger partial charge in [-0.3, -0.25) is 0 Å². The van der Waals surface area contributed by atoms with Gasteiger partial charge >= 0.3 is 0 Å². The summed E-state index contributed by atoms with van der Waals surface area (Å²) >= 11 is 0. The molecule has 1 N–H and O–H groups in total. The summed E-state index contributed by atoms with van der Waals surface area (Å²) in [6, 6.07) is 5.34. The number of anilines is 2. The second-order valence-electron chi connectivity index (χ2n) is 3.72. The van der Waals surface area contributed by atoms with E-state index in [-0.39, 0.29) is 5.82 Å². The summed E-state index contributed by atoms with van der Waals surface area (Å²) < 4.78 is 13.0. The van der Waals surface area contributed by atoms with Crippen LogP contribution >= 0.6 is 0 Å². The molecule has 1 aliphatic rings. The minimum absolute atomic E-state index is 0.172. The van der Waals surface area contributed by atoms with Crippen molar-refractivity contribution in [1.82, 2.24) is 0 Å². The fourth-order valence-corrected chi connectivity index (χ4v) is 1.93. The Kier molecular flexibility index (Phi) is 2.32. The Labute approximate surface area is 83.7 Å². The van der Waals surface area contributed by atoms with Crippen LogP contribution in [-0.2, 0) is 0 Å². The molecule has 1 atom stereocenters. The molecule has 0 spiro atoms. The van der Waals surface area contributed by atoms with Crippen molar-refractivity contribution in [2.24, 2.45) is 0 Å². The molecule has 0 saturated carbocycles. The van der Waals surface area contributed by atoms with E-state index in [1.165, 1.54) is 6.07 Å². The van der Waals surface area contributed by atoms with Crippen molar-refractivity contribution in [2.45, 2.75) is 19.4 Å². The molecule has 1 unspecified atom stereocenters. The van der Waals surface area contributed by atoms with Crippen LogP contribution in [0.1, 0.15) is 13.3 Å². The van der Waals surface area contributed by atoms with E-state index in [9.17, 15) is 4.39 Å². The molecule has 14 heavy (non-hydrogen) atoms. The Morgan fingerprint density at radius 1 is 1.57 bits per heavy atom. The Bertz CT molecular complexity index is 338. The minimum atomic E-state index is -0.172. The Hall–Kier alpha value is -1.25. The van der Waals surface area contributed by atoms with Gasteiger partial charge in [0.15, 0.2) is 0 Å². The Morgan fingerprint density at radius 3 is 3.07 bits per heavy atom. The van der Waals surface area contributed by atoms with Crippen LogP contribution in [0.2, 0.25) is 0 Å². The van der Waals surface area contributed by atoms with Crippen LogP contribution in [0.15, 0.2) is 18.2 Å². The van der Waals surface area contributed by atoms with E-state index in [4.69, 9.17) is 0 Å². The molecule has 2 rings (SSSR count). The molecule has 0 bridgehead atoms. The van der Waals surface area contributed by atoms with Gasteiger partial charge in [0.25, 0.3) is 0 Å². The third kappa shape index (κ3) is 1.43. The van der Waals surface area contributed by atoms with E-state index in [1.54, 1.807) is 12.1 Å². The maximum absolute atomic E-state index is 13.0. The molecule has 1 aromatic carbocycles. The highest BCUT2D eigenvalue weighted by molar-refractivity contribution is 5.72. The Balaban J connectivity index is 2.38. The molecular weight excluding hydrogens is 179 g/mol. The van der Waals surface area contributed by atoms with E-state index >= 15 is 0 Å². The van der Waals surface area contributed by atoms with Gasteiger partial charge in [0.1, 0.15) is 5.82 Å². The van der Waals surface area contributed by atoms with E-state index in [2.05, 4.69) is 17.1 Å². The molecule has 1 aromatic rings. The molecule has 0 aliphatic carbocycles. The zero-order chi connectivity index (χ0) is 10.1. The number of nitrogens with one attached hydrogen (secondary N) is 1. The van der Waals surface area contributed by atoms with Crippen molar-refractivity contribution >= 4 is 11.4 Å². The lowest BCUT2D eigenvalue weighted by molar-refractivity contribution is 0.606. The molecule has 1 heterocycles. The maximum Gasteiger partial charge on any atom is 0.125 e. The number of hydrogen-bond acceptors (Lipinski definition) is 2. The molecule has 1 aliphatic heterocycles. The van der Waals surface area contributed by atoms with Crippen molar-refractivity contribution in [1.29, 1.82) is 0 Å². The smallest absolute Gasteiger partial charge is 0.125 e. The number of benzene rings is 1. The van der Waals surface area contributed by atoms with Crippen LogP contribution < -0.4 is 10.2 Å². The average Bonchev–Trinajstić information content (AvgIpc) is 2.20. The van der Waals surface area contributed by atoms with Gasteiger partial charge in [0.05, 0.1) is 11.4 Å². The van der Waals surface area contributed by atoms with Gasteiger partial charge in [-0.25, -0.2) is 4.39 Å². The van der Waals surface area contributed by atoms with Crippen molar-refractivity contribution < 1.29 is 4.39 Å². The van der Waals surface area contributed by atoms with E-state index in [1.807, 2.05) is 7.05 Å². The lowest BCUT2D eigenvalue weighted by Crippen LogP contribution is -2.41. The first-order chi connectivity index (χ1) is 6.72. The van der Waals surface area contributed by atoms with Crippen molar-refractivity contribution in [3.05, 3.63) is 24.0 Å². The molecule has 76 valence electrons. The summed E-state index contributed by atoms with van der Waals surface area (Å²) in [6.07, 6.45) is 1.07. The van der Waals surface area contributed by atoms with Gasteiger partial charge in [0, 0.05) is 19.6 Å². The first kappa shape index (κ1) is 9.31. The summed E-state index contributed by atoms with van der Waals surface area (Å²) in [5.74, 6) is -0.172. The molecule has 0 fully saturated rings. The molecule has 0 saturated heterocycles. The van der Waals surface area contributed by atoms with Crippen LogP contribution in [-0.4, -0.2) is 19.6 Å². The monoisotopic (exact) mass is 194 g/mol. The number of likely N-dealkylation sites (N-methyl/N-ethyl adjacent to an activating group) is 1. The van der Waals surface area contributed by atoms with Crippen LogP contribution in [0.25, 0.3) is 0 Å². The first-order valence-electron chi connectivity index (χ1n) is 4.98. The van der Waals surface area contributed by atoms with Gasteiger partial charge in [-0.15, -0.1) is 0 Å².